The molecule has 1 saturated carbocycles. The molecule has 2 atom stereocenters. The molecule has 1 spiro atoms. The molecular formula is C12H20N4O3. The lowest BCUT2D eigenvalue weighted by Crippen LogP contribution is -2.52. The van der Waals surface area contributed by atoms with Crippen LogP contribution in [0.25, 0.3) is 0 Å². The van der Waals surface area contributed by atoms with Gasteiger partial charge in [-0.1, -0.05) is 0 Å². The second kappa shape index (κ2) is 5.07. The number of amides is 1. The van der Waals surface area contributed by atoms with Gasteiger partial charge in [0.25, 0.3) is 0 Å². The molecule has 106 valence electrons. The quantitative estimate of drug-likeness (QED) is 0.264. The zero-order valence-electron chi connectivity index (χ0n) is 10.7. The number of piperidine rings is 1. The molecule has 7 nitrogen and oxygen atoms in total. The lowest BCUT2D eigenvalue weighted by atomic mass is 9.77. The van der Waals surface area contributed by atoms with Crippen LogP contribution in [0, 0.1) is 16.7 Å². The van der Waals surface area contributed by atoms with Gasteiger partial charge in [-0.2, -0.15) is 0 Å². The molecule has 2 fully saturated rings. The molecule has 0 bridgehead atoms. The Hall–Kier alpha value is -1.79. The molecule has 1 aliphatic carbocycles. The van der Waals surface area contributed by atoms with E-state index in [0.717, 1.165) is 19.3 Å². The van der Waals surface area contributed by atoms with Gasteiger partial charge in [0.1, 0.15) is 6.04 Å². The highest BCUT2D eigenvalue weighted by molar-refractivity contribution is 5.87. The first-order chi connectivity index (χ1) is 8.94. The van der Waals surface area contributed by atoms with Crippen molar-refractivity contribution in [3.8, 4) is 0 Å². The Balaban J connectivity index is 1.89. The fourth-order valence-corrected chi connectivity index (χ4v) is 2.98. The van der Waals surface area contributed by atoms with Crippen LogP contribution in [0.2, 0.25) is 0 Å². The van der Waals surface area contributed by atoms with Crippen molar-refractivity contribution in [1.82, 2.24) is 10.6 Å². The summed E-state index contributed by atoms with van der Waals surface area (Å²) >= 11 is 0. The third-order valence-corrected chi connectivity index (χ3v) is 4.16. The van der Waals surface area contributed by atoms with Crippen molar-refractivity contribution < 1.29 is 14.7 Å². The van der Waals surface area contributed by atoms with E-state index in [9.17, 15) is 9.59 Å². The minimum atomic E-state index is -0.948. The van der Waals surface area contributed by atoms with Crippen LogP contribution in [-0.4, -0.2) is 35.5 Å². The van der Waals surface area contributed by atoms with Gasteiger partial charge < -0.3 is 21.5 Å². The van der Waals surface area contributed by atoms with Crippen LogP contribution in [0.4, 0.5) is 0 Å². The van der Waals surface area contributed by atoms with Gasteiger partial charge >= 0.3 is 5.97 Å². The normalized spacial score (nSPS) is 27.7. The molecular weight excluding hydrogens is 248 g/mol. The molecule has 1 heterocycles. The number of rotatable bonds is 5. The van der Waals surface area contributed by atoms with Crippen LogP contribution in [-0.2, 0) is 9.59 Å². The van der Waals surface area contributed by atoms with Gasteiger partial charge in [-0.25, -0.2) is 4.79 Å². The van der Waals surface area contributed by atoms with Crippen molar-refractivity contribution in [3.63, 3.8) is 0 Å². The number of hydrogen-bond donors (Lipinski definition) is 5. The molecule has 0 aromatic heterocycles. The van der Waals surface area contributed by atoms with Crippen molar-refractivity contribution in [2.24, 2.45) is 17.1 Å². The molecule has 0 radical (unpaired) electrons. The van der Waals surface area contributed by atoms with Gasteiger partial charge in [0.15, 0.2) is 5.96 Å². The van der Waals surface area contributed by atoms with E-state index in [0.29, 0.717) is 19.4 Å². The summed E-state index contributed by atoms with van der Waals surface area (Å²) in [6, 6.07) is -0.735. The van der Waals surface area contributed by atoms with Crippen molar-refractivity contribution in [2.45, 2.75) is 38.1 Å². The summed E-state index contributed by atoms with van der Waals surface area (Å²) in [7, 11) is 0. The average Bonchev–Trinajstić information content (AvgIpc) is 3.06. The first-order valence-electron chi connectivity index (χ1n) is 6.56. The smallest absolute Gasteiger partial charge is 0.326 e. The summed E-state index contributed by atoms with van der Waals surface area (Å²) in [5, 5.41) is 21.4. The number of guanidine groups is 1. The predicted octanol–water partition coefficient (Wildman–Crippen LogP) is -0.381. The fraction of sp³-hybridized carbons (Fsp3) is 0.750. The number of nitrogens with one attached hydrogen (secondary N) is 3. The Bertz CT molecular complexity index is 406. The number of carbonyl (C=O) groups excluding carboxylic acids is 1. The van der Waals surface area contributed by atoms with Crippen molar-refractivity contribution in [3.05, 3.63) is 0 Å². The molecule has 0 unspecified atom stereocenters. The second-order valence-corrected chi connectivity index (χ2v) is 5.50. The van der Waals surface area contributed by atoms with E-state index in [1.807, 2.05) is 0 Å². The Morgan fingerprint density at radius 1 is 1.58 bits per heavy atom. The Kier molecular flexibility index (Phi) is 3.64. The standard InChI is InChI=1S/C12H20N4O3/c13-11(14)15-5-1-2-7-9(17)16-8(10(18)19)6-12(7)3-4-12/h7-8H,1-6H2,(H,16,17)(H,18,19)(H4,13,14,15)/t7-,8+/m0/s1. The molecule has 1 aliphatic heterocycles. The minimum Gasteiger partial charge on any atom is -0.480 e. The maximum absolute atomic E-state index is 12.0. The number of carboxylic acid groups (broad SMARTS) is 1. The summed E-state index contributed by atoms with van der Waals surface area (Å²) in [6.45, 7) is 0.567. The largest absolute Gasteiger partial charge is 0.480 e. The number of carbonyl (C=O) groups is 2. The summed E-state index contributed by atoms with van der Waals surface area (Å²) in [6.07, 6.45) is 3.87. The van der Waals surface area contributed by atoms with E-state index in [4.69, 9.17) is 16.2 Å². The highest BCUT2D eigenvalue weighted by Crippen LogP contribution is 2.58. The highest BCUT2D eigenvalue weighted by Gasteiger charge is 2.56. The van der Waals surface area contributed by atoms with Crippen LogP contribution in [0.5, 0.6) is 0 Å². The molecule has 0 aromatic rings. The molecule has 7 heteroatoms. The van der Waals surface area contributed by atoms with Gasteiger partial charge in [0, 0.05) is 12.5 Å². The van der Waals surface area contributed by atoms with Crippen LogP contribution < -0.4 is 16.4 Å². The Morgan fingerprint density at radius 2 is 2.26 bits per heavy atom. The van der Waals surface area contributed by atoms with Crippen LogP contribution >= 0.6 is 0 Å². The summed E-state index contributed by atoms with van der Waals surface area (Å²) in [4.78, 5) is 23.0. The lowest BCUT2D eigenvalue weighted by Gasteiger charge is -2.35. The molecule has 2 rings (SSSR count). The Labute approximate surface area is 111 Å². The number of aliphatic carboxylic acids is 1. The summed E-state index contributed by atoms with van der Waals surface area (Å²) in [5.41, 5.74) is 5.09. The summed E-state index contributed by atoms with van der Waals surface area (Å²) < 4.78 is 0. The van der Waals surface area contributed by atoms with Crippen molar-refractivity contribution in [1.29, 1.82) is 5.41 Å². The lowest BCUT2D eigenvalue weighted by molar-refractivity contribution is -0.147. The van der Waals surface area contributed by atoms with E-state index in [1.165, 1.54) is 0 Å². The summed E-state index contributed by atoms with van der Waals surface area (Å²) in [5.74, 6) is -1.26. The molecule has 1 amide bonds. The molecule has 0 aromatic carbocycles. The van der Waals surface area contributed by atoms with Crippen molar-refractivity contribution >= 4 is 17.8 Å². The third kappa shape index (κ3) is 2.97. The number of nitrogens with two attached hydrogens (primary N) is 1. The fourth-order valence-electron chi connectivity index (χ4n) is 2.98. The zero-order chi connectivity index (χ0) is 14.0. The minimum absolute atomic E-state index is 0.0693. The molecule has 1 saturated heterocycles. The van der Waals surface area contributed by atoms with Gasteiger partial charge in [-0.15, -0.1) is 0 Å². The Morgan fingerprint density at radius 3 is 2.79 bits per heavy atom. The molecule has 2 aliphatic rings. The average molecular weight is 268 g/mol. The van der Waals surface area contributed by atoms with E-state index in [-0.39, 0.29) is 23.2 Å². The van der Waals surface area contributed by atoms with Crippen LogP contribution in [0.1, 0.15) is 32.1 Å². The zero-order valence-corrected chi connectivity index (χ0v) is 10.7. The van der Waals surface area contributed by atoms with Crippen LogP contribution in [0.15, 0.2) is 0 Å². The van der Waals surface area contributed by atoms with Gasteiger partial charge in [-0.05, 0) is 37.5 Å². The maximum Gasteiger partial charge on any atom is 0.326 e. The van der Waals surface area contributed by atoms with Gasteiger partial charge in [0.2, 0.25) is 5.91 Å². The molecule has 6 N–H and O–H groups in total. The molecule has 19 heavy (non-hydrogen) atoms. The first kappa shape index (κ1) is 13.6. The number of hydrogen-bond acceptors (Lipinski definition) is 3. The third-order valence-electron chi connectivity index (χ3n) is 4.16. The van der Waals surface area contributed by atoms with E-state index >= 15 is 0 Å². The first-order valence-corrected chi connectivity index (χ1v) is 6.56. The van der Waals surface area contributed by atoms with Crippen molar-refractivity contribution in [2.75, 3.05) is 6.54 Å². The van der Waals surface area contributed by atoms with Crippen LogP contribution in [0.3, 0.4) is 0 Å². The maximum atomic E-state index is 12.0. The van der Waals surface area contributed by atoms with Gasteiger partial charge in [0.05, 0.1) is 0 Å². The van der Waals surface area contributed by atoms with E-state index < -0.39 is 12.0 Å². The topological polar surface area (TPSA) is 128 Å². The SMILES string of the molecule is N=C(N)NCCC[C@H]1C(=O)N[C@@H](C(=O)O)CC12CC2. The second-order valence-electron chi connectivity index (χ2n) is 5.50. The van der Waals surface area contributed by atoms with Gasteiger partial charge in [-0.3, -0.25) is 10.2 Å². The van der Waals surface area contributed by atoms with E-state index in [1.54, 1.807) is 0 Å². The monoisotopic (exact) mass is 268 g/mol. The predicted molar refractivity (Wildman–Crippen MR) is 68.5 cm³/mol. The van der Waals surface area contributed by atoms with E-state index in [2.05, 4.69) is 10.6 Å². The highest BCUT2D eigenvalue weighted by atomic mass is 16.4. The number of carboxylic acids is 1.